The molecule has 0 spiro atoms. The molecule has 2 amide bonds. The number of benzene rings is 3. The first kappa shape index (κ1) is 30.7. The first-order valence-corrected chi connectivity index (χ1v) is 15.4. The fraction of sp³-hybridized carbons (Fsp3) is 0.233. The summed E-state index contributed by atoms with van der Waals surface area (Å²) in [7, 11) is -3.17. The van der Waals surface area contributed by atoms with E-state index in [4.69, 9.17) is 14.3 Å². The van der Waals surface area contributed by atoms with Gasteiger partial charge in [-0.15, -0.1) is 11.3 Å². The quantitative estimate of drug-likeness (QED) is 0.175. The van der Waals surface area contributed by atoms with Gasteiger partial charge in [-0.2, -0.15) is 8.42 Å². The van der Waals surface area contributed by atoms with Crippen molar-refractivity contribution < 1.29 is 27.3 Å². The normalized spacial score (nSPS) is 12.7. The fourth-order valence-corrected chi connectivity index (χ4v) is 5.62. The summed E-state index contributed by atoms with van der Waals surface area (Å²) >= 11 is 1.41. The molecule has 10 nitrogen and oxygen atoms in total. The number of carbonyl (C=O) groups excluding carboxylic acids is 2. The van der Waals surface area contributed by atoms with Gasteiger partial charge >= 0.3 is 16.4 Å². The largest absolute Gasteiger partial charge is 0.453 e. The number of carbonyl (C=O) groups is 2. The Morgan fingerprint density at radius 2 is 1.62 bits per heavy atom. The Kier molecular flexibility index (Phi) is 9.94. The number of amides is 2. The molecule has 2 atom stereocenters. The molecular formula is C30H32N4O6S2. The lowest BCUT2D eigenvalue weighted by Crippen LogP contribution is -2.49. The molecule has 220 valence electrons. The smallest absolute Gasteiger partial charge is 0.407 e. The molecule has 3 aromatic carbocycles. The second kappa shape index (κ2) is 13.6. The first-order valence-electron chi connectivity index (χ1n) is 13.1. The summed E-state index contributed by atoms with van der Waals surface area (Å²) in [5.74, 6) is -0.415. The topological polar surface area (TPSA) is 147 Å². The molecule has 0 saturated heterocycles. The Morgan fingerprint density at radius 3 is 2.26 bits per heavy atom. The number of hydrogen-bond acceptors (Lipinski definition) is 7. The molecule has 0 aliphatic carbocycles. The molecule has 0 fully saturated rings. The van der Waals surface area contributed by atoms with Gasteiger partial charge in [0.15, 0.2) is 0 Å². The molecule has 4 rings (SSSR count). The second-order valence-electron chi connectivity index (χ2n) is 9.79. The van der Waals surface area contributed by atoms with E-state index >= 15 is 0 Å². The lowest BCUT2D eigenvalue weighted by Gasteiger charge is -2.22. The number of aryl methyl sites for hydroxylation is 2. The Hall–Kier alpha value is -4.26. The Bertz CT molecular complexity index is 1640. The van der Waals surface area contributed by atoms with Crippen LogP contribution in [0.5, 0.6) is 0 Å². The van der Waals surface area contributed by atoms with Crippen LogP contribution in [0, 0.1) is 13.8 Å². The molecule has 1 unspecified atom stereocenters. The number of anilines is 1. The number of aromatic nitrogens is 1. The average Bonchev–Trinajstić information content (AvgIpc) is 3.45. The summed E-state index contributed by atoms with van der Waals surface area (Å²) < 4.78 is 38.2. The lowest BCUT2D eigenvalue weighted by molar-refractivity contribution is -0.123. The molecule has 4 N–H and O–H groups in total. The molecule has 0 bridgehead atoms. The van der Waals surface area contributed by atoms with Crippen LogP contribution in [-0.4, -0.2) is 43.1 Å². The molecule has 1 heterocycles. The average molecular weight is 609 g/mol. The van der Waals surface area contributed by atoms with Gasteiger partial charge in [0.1, 0.15) is 11.0 Å². The van der Waals surface area contributed by atoms with Crippen molar-refractivity contribution >= 4 is 39.3 Å². The van der Waals surface area contributed by atoms with Crippen LogP contribution in [0.3, 0.4) is 0 Å². The van der Waals surface area contributed by atoms with Gasteiger partial charge < -0.3 is 15.4 Å². The molecule has 1 aromatic heterocycles. The predicted molar refractivity (Wildman–Crippen MR) is 163 cm³/mol. The minimum Gasteiger partial charge on any atom is -0.453 e. The molecule has 42 heavy (non-hydrogen) atoms. The van der Waals surface area contributed by atoms with E-state index in [9.17, 15) is 18.0 Å². The van der Waals surface area contributed by atoms with Gasteiger partial charge in [0.05, 0.1) is 24.5 Å². The number of thiazole rings is 1. The molecule has 4 aromatic rings. The van der Waals surface area contributed by atoms with Crippen LogP contribution in [0.15, 0.2) is 78.2 Å². The van der Waals surface area contributed by atoms with Crippen LogP contribution in [0.1, 0.15) is 33.3 Å². The van der Waals surface area contributed by atoms with E-state index in [0.717, 1.165) is 27.9 Å². The van der Waals surface area contributed by atoms with Gasteiger partial charge in [0, 0.05) is 17.4 Å². The highest BCUT2D eigenvalue weighted by Crippen LogP contribution is 2.29. The number of nitrogens with zero attached hydrogens (tertiary/aromatic N) is 1. The van der Waals surface area contributed by atoms with Crippen molar-refractivity contribution in [1.82, 2.24) is 15.6 Å². The number of alkyl carbamates (subject to hydrolysis) is 1. The number of rotatable bonds is 11. The molecule has 0 aliphatic rings. The Morgan fingerprint density at radius 1 is 0.929 bits per heavy atom. The molecule has 0 radical (unpaired) electrons. The first-order chi connectivity index (χ1) is 20.0. The van der Waals surface area contributed by atoms with E-state index in [1.807, 2.05) is 66.4 Å². The summed E-state index contributed by atoms with van der Waals surface area (Å²) in [4.78, 5) is 30.6. The van der Waals surface area contributed by atoms with Gasteiger partial charge in [0.25, 0.3) is 0 Å². The maximum Gasteiger partial charge on any atom is 0.407 e. The van der Waals surface area contributed by atoms with Gasteiger partial charge in [-0.05, 0) is 60.7 Å². The van der Waals surface area contributed by atoms with Crippen molar-refractivity contribution in [2.24, 2.45) is 0 Å². The zero-order valence-corrected chi connectivity index (χ0v) is 25.0. The number of methoxy groups -OCH3 is 1. The van der Waals surface area contributed by atoms with E-state index in [-0.39, 0.29) is 12.1 Å². The highest BCUT2D eigenvalue weighted by Gasteiger charge is 2.27. The van der Waals surface area contributed by atoms with Crippen molar-refractivity contribution in [2.45, 2.75) is 38.8 Å². The van der Waals surface area contributed by atoms with Gasteiger partial charge in [-0.3, -0.25) is 14.1 Å². The fourth-order valence-electron chi connectivity index (χ4n) is 4.31. The van der Waals surface area contributed by atoms with Gasteiger partial charge in [-0.1, -0.05) is 54.6 Å². The Balaban J connectivity index is 1.63. The van der Waals surface area contributed by atoms with E-state index in [1.165, 1.54) is 36.1 Å². The summed E-state index contributed by atoms with van der Waals surface area (Å²) in [5, 5.41) is 8.28. The third-order valence-corrected chi connectivity index (χ3v) is 8.11. The lowest BCUT2D eigenvalue weighted by atomic mass is 10.0. The third-order valence-electron chi connectivity index (χ3n) is 6.66. The summed E-state index contributed by atoms with van der Waals surface area (Å²) in [6.45, 7) is 4.08. The number of ether oxygens (including phenoxy) is 1. The maximum atomic E-state index is 13.6. The predicted octanol–water partition coefficient (Wildman–Crippen LogP) is 5.01. The zero-order valence-electron chi connectivity index (χ0n) is 23.3. The van der Waals surface area contributed by atoms with Crippen LogP contribution in [0.4, 0.5) is 10.5 Å². The van der Waals surface area contributed by atoms with Crippen molar-refractivity contribution in [3.8, 4) is 11.3 Å². The van der Waals surface area contributed by atoms with Crippen LogP contribution in [-0.2, 0) is 32.7 Å². The summed E-state index contributed by atoms with van der Waals surface area (Å²) in [6.07, 6.45) is -0.152. The van der Waals surface area contributed by atoms with E-state index in [0.29, 0.717) is 11.4 Å². The highest BCUT2D eigenvalue weighted by molar-refractivity contribution is 7.87. The molecule has 12 heteroatoms. The minimum absolute atomic E-state index is 0.193. The van der Waals surface area contributed by atoms with Crippen LogP contribution in [0.25, 0.3) is 11.3 Å². The van der Waals surface area contributed by atoms with E-state index < -0.39 is 34.4 Å². The number of nitrogens with one attached hydrogen (secondary N) is 3. The molecular weight excluding hydrogens is 576 g/mol. The third kappa shape index (κ3) is 8.62. The zero-order chi connectivity index (χ0) is 30.3. The summed E-state index contributed by atoms with van der Waals surface area (Å²) in [5.41, 5.74) is 5.89. The Labute approximate surface area is 249 Å². The van der Waals surface area contributed by atoms with E-state index in [1.54, 1.807) is 12.1 Å². The van der Waals surface area contributed by atoms with Crippen LogP contribution < -0.4 is 15.4 Å². The molecule has 0 aliphatic heterocycles. The standard InChI is InChI=1S/C30H32N4O6S2/c1-19-9-12-23(15-20(19)2)27-18-41-29(32-27)26(17-22-10-13-24(14-11-22)34-42(37,38)39)31-28(35)25(33-30(36)40-3)16-21-7-5-4-6-8-21/h4-15,18,25-26,34H,16-17H2,1-3H3,(H,31,35)(H,33,36)(H,37,38,39)/t25?,26-/m0/s1. The molecule has 0 saturated carbocycles. The van der Waals surface area contributed by atoms with Crippen molar-refractivity contribution in [2.75, 3.05) is 11.8 Å². The summed E-state index contributed by atoms with van der Waals surface area (Å²) in [6, 6.07) is 20.4. The number of hydrogen-bond donors (Lipinski definition) is 4. The second-order valence-corrected chi connectivity index (χ2v) is 11.8. The van der Waals surface area contributed by atoms with Crippen molar-refractivity contribution in [3.05, 3.63) is 105 Å². The van der Waals surface area contributed by atoms with Gasteiger partial charge in [-0.25, -0.2) is 9.78 Å². The van der Waals surface area contributed by atoms with Gasteiger partial charge in [0.2, 0.25) is 5.91 Å². The SMILES string of the molecule is COC(=O)NC(Cc1ccccc1)C(=O)N[C@@H](Cc1ccc(NS(=O)(=O)O)cc1)c1nc(-c2ccc(C)c(C)c2)cs1. The van der Waals surface area contributed by atoms with E-state index in [2.05, 4.69) is 16.7 Å². The van der Waals surface area contributed by atoms with Crippen molar-refractivity contribution in [1.29, 1.82) is 0 Å². The van der Waals surface area contributed by atoms with Crippen LogP contribution >= 0.6 is 11.3 Å². The van der Waals surface area contributed by atoms with Crippen molar-refractivity contribution in [3.63, 3.8) is 0 Å². The monoisotopic (exact) mass is 608 g/mol. The maximum absolute atomic E-state index is 13.6. The highest BCUT2D eigenvalue weighted by atomic mass is 32.2. The minimum atomic E-state index is -4.41. The van der Waals surface area contributed by atoms with Crippen LogP contribution in [0.2, 0.25) is 0 Å².